The zero-order chi connectivity index (χ0) is 19.3. The van der Waals surface area contributed by atoms with Crippen LogP contribution in [0.25, 0.3) is 11.5 Å². The Balaban J connectivity index is 1.44. The Kier molecular flexibility index (Phi) is 5.58. The van der Waals surface area contributed by atoms with Crippen molar-refractivity contribution in [2.45, 2.75) is 37.7 Å². The molecule has 5 nitrogen and oxygen atoms in total. The first-order chi connectivity index (χ1) is 13.7. The molecule has 0 unspecified atom stereocenters. The number of hydrogen-bond donors (Lipinski definition) is 0. The molecule has 0 saturated carbocycles. The van der Waals surface area contributed by atoms with Gasteiger partial charge in [0, 0.05) is 24.3 Å². The highest BCUT2D eigenvalue weighted by Gasteiger charge is 2.13. The molecule has 2 aromatic heterocycles. The Morgan fingerprint density at radius 2 is 1.79 bits per heavy atom. The molecule has 2 aromatic carbocycles. The number of rotatable bonds is 7. The van der Waals surface area contributed by atoms with Crippen LogP contribution in [0.5, 0.6) is 0 Å². The molecule has 0 aliphatic heterocycles. The number of nitrogens with zero attached hydrogens (tertiary/aromatic N) is 4. The van der Waals surface area contributed by atoms with Crippen LogP contribution in [-0.4, -0.2) is 19.7 Å². The van der Waals surface area contributed by atoms with Crippen LogP contribution in [0.3, 0.4) is 0 Å². The first kappa shape index (κ1) is 18.5. The summed E-state index contributed by atoms with van der Waals surface area (Å²) in [7, 11) is 0. The van der Waals surface area contributed by atoms with E-state index < -0.39 is 0 Å². The van der Waals surface area contributed by atoms with Gasteiger partial charge in [0.1, 0.15) is 12.1 Å². The standard InChI is InChI=1S/C22H22N4OS/c1-3-26-20(13-17-7-5-4-6-8-17)24-25-22(26)28-15-19-14-27-21(23-19)18-11-9-16(2)10-12-18/h4-12,14H,3,13,15H2,1-2H3. The van der Waals surface area contributed by atoms with E-state index in [-0.39, 0.29) is 0 Å². The summed E-state index contributed by atoms with van der Waals surface area (Å²) in [6, 6.07) is 18.5. The lowest BCUT2D eigenvalue weighted by atomic mass is 10.1. The van der Waals surface area contributed by atoms with E-state index in [9.17, 15) is 0 Å². The highest BCUT2D eigenvalue weighted by Crippen LogP contribution is 2.25. The van der Waals surface area contributed by atoms with Gasteiger partial charge in [-0.05, 0) is 31.5 Å². The molecule has 0 bridgehead atoms. The Bertz CT molecular complexity index is 1040. The smallest absolute Gasteiger partial charge is 0.226 e. The third-order valence-corrected chi connectivity index (χ3v) is 5.51. The van der Waals surface area contributed by atoms with Gasteiger partial charge < -0.3 is 8.98 Å². The Morgan fingerprint density at radius 1 is 1.00 bits per heavy atom. The second kappa shape index (κ2) is 8.44. The molecule has 0 radical (unpaired) electrons. The average Bonchev–Trinajstić information content (AvgIpc) is 3.34. The molecule has 0 aliphatic carbocycles. The third kappa shape index (κ3) is 4.17. The van der Waals surface area contributed by atoms with Crippen molar-refractivity contribution < 1.29 is 4.42 Å². The van der Waals surface area contributed by atoms with Crippen LogP contribution in [0.1, 0.15) is 29.6 Å². The molecule has 2 heterocycles. The molecule has 142 valence electrons. The first-order valence-corrected chi connectivity index (χ1v) is 10.3. The Labute approximate surface area is 168 Å². The number of hydrogen-bond acceptors (Lipinski definition) is 5. The minimum absolute atomic E-state index is 0.650. The highest BCUT2D eigenvalue weighted by molar-refractivity contribution is 7.98. The van der Waals surface area contributed by atoms with Crippen LogP contribution in [0.2, 0.25) is 0 Å². The van der Waals surface area contributed by atoms with Crippen LogP contribution in [-0.2, 0) is 18.7 Å². The summed E-state index contributed by atoms with van der Waals surface area (Å²) in [5, 5.41) is 9.70. The van der Waals surface area contributed by atoms with Crippen molar-refractivity contribution >= 4 is 11.8 Å². The van der Waals surface area contributed by atoms with Crippen molar-refractivity contribution in [3.05, 3.63) is 83.5 Å². The minimum Gasteiger partial charge on any atom is -0.444 e. The fourth-order valence-corrected chi connectivity index (χ4v) is 3.89. The van der Waals surface area contributed by atoms with Gasteiger partial charge in [0.15, 0.2) is 5.16 Å². The molecule has 0 saturated heterocycles. The maximum absolute atomic E-state index is 5.65. The normalized spacial score (nSPS) is 11.1. The van der Waals surface area contributed by atoms with Crippen LogP contribution in [0, 0.1) is 6.92 Å². The van der Waals surface area contributed by atoms with Crippen molar-refractivity contribution in [1.82, 2.24) is 19.7 Å². The predicted molar refractivity (Wildman–Crippen MR) is 111 cm³/mol. The van der Waals surface area contributed by atoms with Gasteiger partial charge >= 0.3 is 0 Å². The predicted octanol–water partition coefficient (Wildman–Crippen LogP) is 5.14. The summed E-state index contributed by atoms with van der Waals surface area (Å²) in [4.78, 5) is 4.61. The van der Waals surface area contributed by atoms with Crippen molar-refractivity contribution in [2.24, 2.45) is 0 Å². The largest absolute Gasteiger partial charge is 0.444 e. The monoisotopic (exact) mass is 390 g/mol. The van der Waals surface area contributed by atoms with Crippen molar-refractivity contribution in [1.29, 1.82) is 0 Å². The number of oxazole rings is 1. The topological polar surface area (TPSA) is 56.7 Å². The second-order valence-corrected chi connectivity index (χ2v) is 7.55. The molecule has 0 atom stereocenters. The van der Waals surface area contributed by atoms with Crippen molar-refractivity contribution in [3.63, 3.8) is 0 Å². The lowest BCUT2D eigenvalue weighted by molar-refractivity contribution is 0.573. The SMILES string of the molecule is CCn1c(Cc2ccccc2)nnc1SCc1coc(-c2ccc(C)cc2)n1. The number of thioether (sulfide) groups is 1. The molecular weight excluding hydrogens is 368 g/mol. The van der Waals surface area contributed by atoms with Crippen LogP contribution < -0.4 is 0 Å². The zero-order valence-corrected chi connectivity index (χ0v) is 16.8. The van der Waals surface area contributed by atoms with Gasteiger partial charge in [-0.25, -0.2) is 4.98 Å². The van der Waals surface area contributed by atoms with Gasteiger partial charge in [-0.2, -0.15) is 0 Å². The molecule has 0 aliphatic rings. The van der Waals surface area contributed by atoms with Crippen LogP contribution >= 0.6 is 11.8 Å². The van der Waals surface area contributed by atoms with Crippen LogP contribution in [0.15, 0.2) is 70.4 Å². The van der Waals surface area contributed by atoms with Gasteiger partial charge in [0.25, 0.3) is 0 Å². The maximum atomic E-state index is 5.65. The molecular formula is C22H22N4OS. The fourth-order valence-electron chi connectivity index (χ4n) is 2.99. The average molecular weight is 391 g/mol. The van der Waals surface area contributed by atoms with Gasteiger partial charge in [-0.1, -0.05) is 59.8 Å². The van der Waals surface area contributed by atoms with Gasteiger partial charge in [-0.3, -0.25) is 0 Å². The number of benzene rings is 2. The first-order valence-electron chi connectivity index (χ1n) is 9.33. The molecule has 6 heteroatoms. The van der Waals surface area contributed by atoms with Gasteiger partial charge in [0.05, 0.1) is 5.69 Å². The summed E-state index contributed by atoms with van der Waals surface area (Å²) >= 11 is 1.63. The Hall–Kier alpha value is -2.86. The lowest BCUT2D eigenvalue weighted by Gasteiger charge is -2.06. The summed E-state index contributed by atoms with van der Waals surface area (Å²) < 4.78 is 7.82. The number of aryl methyl sites for hydroxylation is 1. The quantitative estimate of drug-likeness (QED) is 0.409. The molecule has 4 aromatic rings. The van der Waals surface area contributed by atoms with E-state index in [0.29, 0.717) is 11.6 Å². The second-order valence-electron chi connectivity index (χ2n) is 6.60. The van der Waals surface area contributed by atoms with E-state index in [1.165, 1.54) is 11.1 Å². The summed E-state index contributed by atoms with van der Waals surface area (Å²) in [5.74, 6) is 2.33. The Morgan fingerprint density at radius 3 is 2.54 bits per heavy atom. The third-order valence-electron chi connectivity index (χ3n) is 4.51. The molecule has 28 heavy (non-hydrogen) atoms. The molecule has 0 fully saturated rings. The number of aromatic nitrogens is 4. The summed E-state index contributed by atoms with van der Waals surface area (Å²) in [5.41, 5.74) is 4.34. The minimum atomic E-state index is 0.650. The molecule has 0 spiro atoms. The lowest BCUT2D eigenvalue weighted by Crippen LogP contribution is -2.04. The van der Waals surface area contributed by atoms with E-state index in [1.807, 2.05) is 30.3 Å². The van der Waals surface area contributed by atoms with E-state index in [2.05, 4.69) is 57.9 Å². The van der Waals surface area contributed by atoms with E-state index in [4.69, 9.17) is 4.42 Å². The van der Waals surface area contributed by atoms with E-state index >= 15 is 0 Å². The van der Waals surface area contributed by atoms with Crippen LogP contribution in [0.4, 0.5) is 0 Å². The van der Waals surface area contributed by atoms with Crippen molar-refractivity contribution in [3.8, 4) is 11.5 Å². The van der Waals surface area contributed by atoms with Gasteiger partial charge in [-0.15, -0.1) is 10.2 Å². The highest BCUT2D eigenvalue weighted by atomic mass is 32.2. The molecule has 0 amide bonds. The summed E-state index contributed by atoms with van der Waals surface area (Å²) in [6.07, 6.45) is 2.50. The van der Waals surface area contributed by atoms with E-state index in [0.717, 1.165) is 35.2 Å². The summed E-state index contributed by atoms with van der Waals surface area (Å²) in [6.45, 7) is 5.02. The van der Waals surface area contributed by atoms with Crippen molar-refractivity contribution in [2.75, 3.05) is 0 Å². The molecule has 0 N–H and O–H groups in total. The van der Waals surface area contributed by atoms with Gasteiger partial charge in [0.2, 0.25) is 5.89 Å². The zero-order valence-electron chi connectivity index (χ0n) is 16.0. The maximum Gasteiger partial charge on any atom is 0.226 e. The van der Waals surface area contributed by atoms with E-state index in [1.54, 1.807) is 18.0 Å². The fraction of sp³-hybridized carbons (Fsp3) is 0.227. The molecule has 4 rings (SSSR count).